The second-order valence-corrected chi connectivity index (χ2v) is 5.15. The fourth-order valence-electron chi connectivity index (χ4n) is 2.26. The molecule has 3 rings (SSSR count). The van der Waals surface area contributed by atoms with Crippen molar-refractivity contribution in [3.05, 3.63) is 66.2 Å². The molecule has 0 atom stereocenters. The van der Waals surface area contributed by atoms with Crippen LogP contribution in [-0.4, -0.2) is 29.9 Å². The first-order chi connectivity index (χ1) is 12.1. The molecule has 0 radical (unpaired) electrons. The van der Waals surface area contributed by atoms with Crippen molar-refractivity contribution in [1.29, 1.82) is 0 Å². The molecule has 0 aliphatic carbocycles. The SMILES string of the molecule is COc1ccc(NC(=O)c2nn(-c3ccc(F)cc3)cc2OC)cc1. The number of anilines is 1. The van der Waals surface area contributed by atoms with E-state index in [4.69, 9.17) is 9.47 Å². The van der Waals surface area contributed by atoms with Crippen LogP contribution < -0.4 is 14.8 Å². The maximum absolute atomic E-state index is 13.1. The Morgan fingerprint density at radius 2 is 1.72 bits per heavy atom. The number of nitrogens with zero attached hydrogens (tertiary/aromatic N) is 2. The van der Waals surface area contributed by atoms with Crippen LogP contribution in [-0.2, 0) is 0 Å². The largest absolute Gasteiger partial charge is 0.497 e. The maximum Gasteiger partial charge on any atom is 0.280 e. The molecule has 1 N–H and O–H groups in total. The van der Waals surface area contributed by atoms with E-state index < -0.39 is 5.91 Å². The Kier molecular flexibility index (Phi) is 4.65. The van der Waals surface area contributed by atoms with Crippen molar-refractivity contribution in [2.75, 3.05) is 19.5 Å². The van der Waals surface area contributed by atoms with E-state index in [0.29, 0.717) is 22.9 Å². The third-order valence-electron chi connectivity index (χ3n) is 3.55. The lowest BCUT2D eigenvalue weighted by Crippen LogP contribution is -2.14. The van der Waals surface area contributed by atoms with E-state index in [1.807, 2.05) is 0 Å². The summed E-state index contributed by atoms with van der Waals surface area (Å²) in [6, 6.07) is 12.7. The molecule has 6 nitrogen and oxygen atoms in total. The number of hydrogen-bond donors (Lipinski definition) is 1. The van der Waals surface area contributed by atoms with Crippen LogP contribution in [0.4, 0.5) is 10.1 Å². The lowest BCUT2D eigenvalue weighted by atomic mass is 10.3. The summed E-state index contributed by atoms with van der Waals surface area (Å²) in [5.74, 6) is 0.245. The van der Waals surface area contributed by atoms with E-state index in [1.54, 1.807) is 49.7 Å². The van der Waals surface area contributed by atoms with Crippen molar-refractivity contribution in [2.45, 2.75) is 0 Å². The molecule has 3 aromatic rings. The summed E-state index contributed by atoms with van der Waals surface area (Å²) in [6.07, 6.45) is 1.57. The number of amides is 1. The monoisotopic (exact) mass is 341 g/mol. The van der Waals surface area contributed by atoms with Crippen molar-refractivity contribution >= 4 is 11.6 Å². The lowest BCUT2D eigenvalue weighted by molar-refractivity contribution is 0.101. The number of methoxy groups -OCH3 is 2. The van der Waals surface area contributed by atoms with Crippen LogP contribution in [0.5, 0.6) is 11.5 Å². The molecule has 25 heavy (non-hydrogen) atoms. The van der Waals surface area contributed by atoms with E-state index in [-0.39, 0.29) is 11.5 Å². The van der Waals surface area contributed by atoms with Gasteiger partial charge in [-0.2, -0.15) is 5.10 Å². The van der Waals surface area contributed by atoms with Gasteiger partial charge in [0.05, 0.1) is 26.1 Å². The summed E-state index contributed by atoms with van der Waals surface area (Å²) >= 11 is 0. The Labute approximate surface area is 143 Å². The smallest absolute Gasteiger partial charge is 0.280 e. The Hall–Kier alpha value is -3.35. The first-order valence-corrected chi connectivity index (χ1v) is 7.45. The van der Waals surface area contributed by atoms with Gasteiger partial charge < -0.3 is 14.8 Å². The molecule has 0 aliphatic heterocycles. The van der Waals surface area contributed by atoms with Gasteiger partial charge in [-0.1, -0.05) is 0 Å². The van der Waals surface area contributed by atoms with Gasteiger partial charge in [-0.25, -0.2) is 9.07 Å². The van der Waals surface area contributed by atoms with Gasteiger partial charge in [0.1, 0.15) is 11.6 Å². The van der Waals surface area contributed by atoms with Crippen molar-refractivity contribution in [3.8, 4) is 17.2 Å². The zero-order valence-electron chi connectivity index (χ0n) is 13.7. The second-order valence-electron chi connectivity index (χ2n) is 5.15. The maximum atomic E-state index is 13.1. The summed E-state index contributed by atoms with van der Waals surface area (Å²) in [7, 11) is 3.02. The molecule has 1 aromatic heterocycles. The summed E-state index contributed by atoms with van der Waals surface area (Å²) in [5.41, 5.74) is 1.34. The van der Waals surface area contributed by atoms with Gasteiger partial charge in [0.2, 0.25) is 0 Å². The predicted molar refractivity (Wildman–Crippen MR) is 91.0 cm³/mol. The van der Waals surface area contributed by atoms with Gasteiger partial charge in [0.15, 0.2) is 11.4 Å². The zero-order valence-corrected chi connectivity index (χ0v) is 13.7. The number of carbonyl (C=O) groups excluding carboxylic acids is 1. The minimum Gasteiger partial charge on any atom is -0.497 e. The molecule has 1 heterocycles. The first kappa shape index (κ1) is 16.5. The molecule has 0 fully saturated rings. The summed E-state index contributed by atoms with van der Waals surface area (Å²) in [4.78, 5) is 12.5. The predicted octanol–water partition coefficient (Wildman–Crippen LogP) is 3.28. The molecule has 2 aromatic carbocycles. The van der Waals surface area contributed by atoms with Crippen molar-refractivity contribution in [3.63, 3.8) is 0 Å². The third kappa shape index (κ3) is 3.60. The molecule has 0 unspecified atom stereocenters. The van der Waals surface area contributed by atoms with Crippen LogP contribution >= 0.6 is 0 Å². The van der Waals surface area contributed by atoms with Crippen LogP contribution in [0.2, 0.25) is 0 Å². The molecule has 0 saturated heterocycles. The van der Waals surface area contributed by atoms with Crippen molar-refractivity contribution in [1.82, 2.24) is 9.78 Å². The van der Waals surface area contributed by atoms with Crippen molar-refractivity contribution in [2.24, 2.45) is 0 Å². The summed E-state index contributed by atoms with van der Waals surface area (Å²) in [6.45, 7) is 0. The summed E-state index contributed by atoms with van der Waals surface area (Å²) < 4.78 is 24.8. The Bertz CT molecular complexity index is 874. The Morgan fingerprint density at radius 3 is 2.32 bits per heavy atom. The standard InChI is InChI=1S/C18H16FN3O3/c1-24-15-9-5-13(6-10-15)20-18(23)17-16(25-2)11-22(21-17)14-7-3-12(19)4-8-14/h3-11H,1-2H3,(H,20,23). The molecule has 0 bridgehead atoms. The number of aromatic nitrogens is 2. The summed E-state index contributed by atoms with van der Waals surface area (Å²) in [5, 5.41) is 6.99. The van der Waals surface area contributed by atoms with Gasteiger partial charge in [-0.3, -0.25) is 4.79 Å². The number of nitrogens with one attached hydrogen (secondary N) is 1. The Morgan fingerprint density at radius 1 is 1.04 bits per heavy atom. The minimum atomic E-state index is -0.414. The highest BCUT2D eigenvalue weighted by molar-refractivity contribution is 6.04. The number of benzene rings is 2. The van der Waals surface area contributed by atoms with Gasteiger partial charge in [0, 0.05) is 5.69 Å². The van der Waals surface area contributed by atoms with E-state index in [1.165, 1.54) is 23.9 Å². The highest BCUT2D eigenvalue weighted by Gasteiger charge is 2.18. The van der Waals surface area contributed by atoms with E-state index >= 15 is 0 Å². The number of rotatable bonds is 5. The molecule has 0 aliphatic rings. The van der Waals surface area contributed by atoms with Gasteiger partial charge >= 0.3 is 0 Å². The first-order valence-electron chi connectivity index (χ1n) is 7.45. The number of hydrogen-bond acceptors (Lipinski definition) is 4. The molecule has 7 heteroatoms. The minimum absolute atomic E-state index is 0.127. The van der Waals surface area contributed by atoms with E-state index in [0.717, 1.165) is 0 Å². The molecule has 1 amide bonds. The third-order valence-corrected chi connectivity index (χ3v) is 3.55. The zero-order chi connectivity index (χ0) is 17.8. The van der Waals surface area contributed by atoms with E-state index in [2.05, 4.69) is 10.4 Å². The number of carbonyl (C=O) groups is 1. The molecular formula is C18H16FN3O3. The van der Waals surface area contributed by atoms with Crippen molar-refractivity contribution < 1.29 is 18.7 Å². The number of halogens is 1. The molecule has 128 valence electrons. The average Bonchev–Trinajstić information content (AvgIpc) is 3.07. The normalized spacial score (nSPS) is 10.4. The molecule has 0 spiro atoms. The average molecular weight is 341 g/mol. The van der Waals surface area contributed by atoms with Crippen LogP contribution in [0, 0.1) is 5.82 Å². The quantitative estimate of drug-likeness (QED) is 0.773. The highest BCUT2D eigenvalue weighted by atomic mass is 19.1. The van der Waals surface area contributed by atoms with Crippen LogP contribution in [0.15, 0.2) is 54.7 Å². The van der Waals surface area contributed by atoms with Crippen LogP contribution in [0.1, 0.15) is 10.5 Å². The molecular weight excluding hydrogens is 325 g/mol. The topological polar surface area (TPSA) is 65.4 Å². The van der Waals surface area contributed by atoms with Gasteiger partial charge in [-0.05, 0) is 48.5 Å². The lowest BCUT2D eigenvalue weighted by Gasteiger charge is -2.05. The van der Waals surface area contributed by atoms with Gasteiger partial charge in [-0.15, -0.1) is 0 Å². The fraction of sp³-hybridized carbons (Fsp3) is 0.111. The highest BCUT2D eigenvalue weighted by Crippen LogP contribution is 2.22. The van der Waals surface area contributed by atoms with E-state index in [9.17, 15) is 9.18 Å². The number of ether oxygens (including phenoxy) is 2. The van der Waals surface area contributed by atoms with Crippen LogP contribution in [0.3, 0.4) is 0 Å². The molecule has 0 saturated carbocycles. The van der Waals surface area contributed by atoms with Gasteiger partial charge in [0.25, 0.3) is 5.91 Å². The Balaban J connectivity index is 1.85. The van der Waals surface area contributed by atoms with Crippen LogP contribution in [0.25, 0.3) is 5.69 Å². The second kappa shape index (κ2) is 7.04. The fourth-order valence-corrected chi connectivity index (χ4v) is 2.26.